The van der Waals surface area contributed by atoms with Gasteiger partial charge in [0, 0.05) is 12.7 Å². The second kappa shape index (κ2) is 5.16. The zero-order valence-corrected chi connectivity index (χ0v) is 12.5. The molecule has 0 saturated carbocycles. The van der Waals surface area contributed by atoms with Gasteiger partial charge in [-0.2, -0.15) is 5.10 Å². The number of nitrogen functional groups attached to an aromatic ring is 1. The Morgan fingerprint density at radius 1 is 1.35 bits per heavy atom. The minimum Gasteiger partial charge on any atom is -0.381 e. The standard InChI is InChI=1S/C13H18N4O2S/c1-4-17-8-12(13(14)15-17)20(18,19)16-11-7-5-6-9(2)10(11)3/h5-8,16H,4H2,1-3H3,(H2,14,15). The summed E-state index contributed by atoms with van der Waals surface area (Å²) in [6.07, 6.45) is 1.43. The van der Waals surface area contributed by atoms with Crippen molar-refractivity contribution in [2.45, 2.75) is 32.2 Å². The van der Waals surface area contributed by atoms with Crippen LogP contribution in [-0.4, -0.2) is 18.2 Å². The first-order valence-electron chi connectivity index (χ1n) is 6.27. The summed E-state index contributed by atoms with van der Waals surface area (Å²) >= 11 is 0. The molecule has 0 saturated heterocycles. The van der Waals surface area contributed by atoms with Crippen molar-refractivity contribution in [3.63, 3.8) is 0 Å². The van der Waals surface area contributed by atoms with Gasteiger partial charge in [0.15, 0.2) is 5.82 Å². The molecular weight excluding hydrogens is 276 g/mol. The fourth-order valence-corrected chi connectivity index (χ4v) is 3.05. The highest BCUT2D eigenvalue weighted by molar-refractivity contribution is 7.92. The Morgan fingerprint density at radius 2 is 2.05 bits per heavy atom. The van der Waals surface area contributed by atoms with Gasteiger partial charge in [-0.25, -0.2) is 8.42 Å². The molecule has 0 amide bonds. The maximum Gasteiger partial charge on any atom is 0.267 e. The van der Waals surface area contributed by atoms with E-state index < -0.39 is 10.0 Å². The third kappa shape index (κ3) is 2.62. The zero-order chi connectivity index (χ0) is 14.9. The number of anilines is 2. The van der Waals surface area contributed by atoms with Crippen LogP contribution in [0.1, 0.15) is 18.1 Å². The summed E-state index contributed by atoms with van der Waals surface area (Å²) < 4.78 is 28.8. The first-order chi connectivity index (χ1) is 9.35. The summed E-state index contributed by atoms with van der Waals surface area (Å²) in [5, 5.41) is 3.95. The molecule has 0 aliphatic rings. The predicted octanol–water partition coefficient (Wildman–Crippen LogP) is 1.90. The summed E-state index contributed by atoms with van der Waals surface area (Å²) in [5.74, 6) is 0.00431. The number of hydrogen-bond acceptors (Lipinski definition) is 4. The Kier molecular flexibility index (Phi) is 3.71. The van der Waals surface area contributed by atoms with E-state index in [1.165, 1.54) is 10.9 Å². The molecule has 2 aromatic rings. The highest BCUT2D eigenvalue weighted by Crippen LogP contribution is 2.24. The van der Waals surface area contributed by atoms with E-state index in [9.17, 15) is 8.42 Å². The quantitative estimate of drug-likeness (QED) is 0.901. The molecule has 0 aliphatic carbocycles. The van der Waals surface area contributed by atoms with Crippen LogP contribution in [0.2, 0.25) is 0 Å². The van der Waals surface area contributed by atoms with E-state index in [0.29, 0.717) is 12.2 Å². The molecule has 0 unspecified atom stereocenters. The van der Waals surface area contributed by atoms with Crippen LogP contribution in [0.15, 0.2) is 29.3 Å². The van der Waals surface area contributed by atoms with Gasteiger partial charge < -0.3 is 5.73 Å². The lowest BCUT2D eigenvalue weighted by atomic mass is 10.1. The smallest absolute Gasteiger partial charge is 0.267 e. The van der Waals surface area contributed by atoms with Crippen LogP contribution >= 0.6 is 0 Å². The summed E-state index contributed by atoms with van der Waals surface area (Å²) in [6, 6.07) is 5.45. The second-order valence-corrected chi connectivity index (χ2v) is 6.24. The van der Waals surface area contributed by atoms with Crippen LogP contribution in [0.25, 0.3) is 0 Å². The predicted molar refractivity (Wildman–Crippen MR) is 79.0 cm³/mol. The number of nitrogens with zero attached hydrogens (tertiary/aromatic N) is 2. The average molecular weight is 294 g/mol. The minimum absolute atomic E-state index is 0.000237. The van der Waals surface area contributed by atoms with Crippen molar-refractivity contribution in [2.24, 2.45) is 0 Å². The molecule has 0 fully saturated rings. The van der Waals surface area contributed by atoms with E-state index >= 15 is 0 Å². The topological polar surface area (TPSA) is 90.0 Å². The number of benzene rings is 1. The summed E-state index contributed by atoms with van der Waals surface area (Å²) in [6.45, 7) is 6.22. The molecule has 20 heavy (non-hydrogen) atoms. The SMILES string of the molecule is CCn1cc(S(=O)(=O)Nc2cccc(C)c2C)c(N)n1. The molecule has 0 bridgehead atoms. The van der Waals surface area contributed by atoms with Gasteiger partial charge in [0.25, 0.3) is 10.0 Å². The molecule has 1 heterocycles. The van der Waals surface area contributed by atoms with E-state index in [1.807, 2.05) is 26.8 Å². The molecule has 6 nitrogen and oxygen atoms in total. The number of nitrogens with one attached hydrogen (secondary N) is 1. The first-order valence-corrected chi connectivity index (χ1v) is 7.75. The van der Waals surface area contributed by atoms with E-state index in [1.54, 1.807) is 12.1 Å². The highest BCUT2D eigenvalue weighted by Gasteiger charge is 2.21. The molecular formula is C13H18N4O2S. The monoisotopic (exact) mass is 294 g/mol. The van der Waals surface area contributed by atoms with Crippen LogP contribution in [0.4, 0.5) is 11.5 Å². The first kappa shape index (κ1) is 14.4. The maximum atomic E-state index is 12.4. The Hall–Kier alpha value is -2.02. The molecule has 0 spiro atoms. The number of rotatable bonds is 4. The second-order valence-electron chi connectivity index (χ2n) is 4.59. The summed E-state index contributed by atoms with van der Waals surface area (Å²) in [4.78, 5) is 0.000237. The highest BCUT2D eigenvalue weighted by atomic mass is 32.2. The van der Waals surface area contributed by atoms with Gasteiger partial charge in [0.2, 0.25) is 0 Å². The van der Waals surface area contributed by atoms with E-state index in [0.717, 1.165) is 11.1 Å². The molecule has 1 aromatic heterocycles. The lowest BCUT2D eigenvalue weighted by Gasteiger charge is -2.11. The lowest BCUT2D eigenvalue weighted by molar-refractivity contribution is 0.600. The fourth-order valence-electron chi connectivity index (χ4n) is 1.85. The Balaban J connectivity index is 2.40. The maximum absolute atomic E-state index is 12.4. The van der Waals surface area contributed by atoms with Crippen molar-refractivity contribution in [3.8, 4) is 0 Å². The Morgan fingerprint density at radius 3 is 2.65 bits per heavy atom. The van der Waals surface area contributed by atoms with Crippen LogP contribution in [0, 0.1) is 13.8 Å². The molecule has 3 N–H and O–H groups in total. The fraction of sp³-hybridized carbons (Fsp3) is 0.308. The number of hydrogen-bond donors (Lipinski definition) is 2. The lowest BCUT2D eigenvalue weighted by Crippen LogP contribution is -2.15. The Labute approximate surface area is 118 Å². The minimum atomic E-state index is -3.73. The van der Waals surface area contributed by atoms with Gasteiger partial charge in [-0.1, -0.05) is 12.1 Å². The van der Waals surface area contributed by atoms with Crippen LogP contribution in [-0.2, 0) is 16.6 Å². The van der Waals surface area contributed by atoms with Crippen LogP contribution < -0.4 is 10.5 Å². The average Bonchev–Trinajstić information content (AvgIpc) is 2.77. The molecule has 0 radical (unpaired) electrons. The van der Waals surface area contributed by atoms with Crippen molar-refractivity contribution >= 4 is 21.5 Å². The summed E-state index contributed by atoms with van der Waals surface area (Å²) in [7, 11) is -3.73. The van der Waals surface area contributed by atoms with Gasteiger partial charge in [-0.3, -0.25) is 9.40 Å². The molecule has 7 heteroatoms. The van der Waals surface area contributed by atoms with Crippen molar-refractivity contribution < 1.29 is 8.42 Å². The van der Waals surface area contributed by atoms with Gasteiger partial charge in [-0.05, 0) is 38.0 Å². The van der Waals surface area contributed by atoms with Crippen molar-refractivity contribution in [2.75, 3.05) is 10.5 Å². The zero-order valence-electron chi connectivity index (χ0n) is 11.7. The number of nitrogens with two attached hydrogens (primary N) is 1. The molecule has 2 rings (SSSR count). The number of aryl methyl sites for hydroxylation is 2. The Bertz CT molecular complexity index is 735. The molecule has 108 valence electrons. The number of sulfonamides is 1. The van der Waals surface area contributed by atoms with Crippen molar-refractivity contribution in [1.29, 1.82) is 0 Å². The van der Waals surface area contributed by atoms with Crippen molar-refractivity contribution in [3.05, 3.63) is 35.5 Å². The van der Waals surface area contributed by atoms with E-state index in [-0.39, 0.29) is 10.7 Å². The summed E-state index contributed by atoms with van der Waals surface area (Å²) in [5.41, 5.74) is 8.13. The normalized spacial score (nSPS) is 11.6. The van der Waals surface area contributed by atoms with Crippen LogP contribution in [0.5, 0.6) is 0 Å². The largest absolute Gasteiger partial charge is 0.381 e. The third-order valence-electron chi connectivity index (χ3n) is 3.22. The molecule has 1 aromatic carbocycles. The van der Waals surface area contributed by atoms with Gasteiger partial charge in [0.1, 0.15) is 4.90 Å². The van der Waals surface area contributed by atoms with E-state index in [2.05, 4.69) is 9.82 Å². The molecule has 0 aliphatic heterocycles. The van der Waals surface area contributed by atoms with Crippen LogP contribution in [0.3, 0.4) is 0 Å². The van der Waals surface area contributed by atoms with E-state index in [4.69, 9.17) is 5.73 Å². The van der Waals surface area contributed by atoms with Gasteiger partial charge in [-0.15, -0.1) is 0 Å². The van der Waals surface area contributed by atoms with Crippen molar-refractivity contribution in [1.82, 2.24) is 9.78 Å². The van der Waals surface area contributed by atoms with Gasteiger partial charge >= 0.3 is 0 Å². The van der Waals surface area contributed by atoms with Gasteiger partial charge in [0.05, 0.1) is 5.69 Å². The third-order valence-corrected chi connectivity index (χ3v) is 4.60. The molecule has 0 atom stereocenters. The number of aromatic nitrogens is 2.